The summed E-state index contributed by atoms with van der Waals surface area (Å²) in [4.78, 5) is 14.0. The van der Waals surface area contributed by atoms with Crippen molar-refractivity contribution in [3.63, 3.8) is 0 Å². The summed E-state index contributed by atoms with van der Waals surface area (Å²) in [5.41, 5.74) is 3.94. The van der Waals surface area contributed by atoms with Crippen molar-refractivity contribution < 1.29 is 9.53 Å². The zero-order chi connectivity index (χ0) is 17.7. The van der Waals surface area contributed by atoms with Gasteiger partial charge in [0.1, 0.15) is 12.4 Å². The Labute approximate surface area is 149 Å². The SMILES string of the molecule is CCC(=O)N(CC)c1cccc(Cl)c1COc1ccc(C)cc1C. The van der Waals surface area contributed by atoms with Gasteiger partial charge in [0.05, 0.1) is 5.69 Å². The summed E-state index contributed by atoms with van der Waals surface area (Å²) in [5.74, 6) is 0.906. The molecule has 0 aliphatic heterocycles. The van der Waals surface area contributed by atoms with Crippen LogP contribution in [-0.2, 0) is 11.4 Å². The molecule has 0 saturated carbocycles. The van der Waals surface area contributed by atoms with Gasteiger partial charge in [-0.1, -0.05) is 42.3 Å². The number of hydrogen-bond acceptors (Lipinski definition) is 2. The van der Waals surface area contributed by atoms with Crippen molar-refractivity contribution in [1.82, 2.24) is 0 Å². The lowest BCUT2D eigenvalue weighted by Crippen LogP contribution is -2.31. The fraction of sp³-hybridized carbons (Fsp3) is 0.350. The third-order valence-electron chi connectivity index (χ3n) is 4.01. The maximum Gasteiger partial charge on any atom is 0.226 e. The molecule has 128 valence electrons. The second-order valence-electron chi connectivity index (χ2n) is 5.79. The highest BCUT2D eigenvalue weighted by molar-refractivity contribution is 6.31. The average molecular weight is 346 g/mol. The smallest absolute Gasteiger partial charge is 0.226 e. The molecule has 0 atom stereocenters. The van der Waals surface area contributed by atoms with Crippen LogP contribution in [0.1, 0.15) is 37.0 Å². The molecule has 2 aromatic rings. The molecule has 0 N–H and O–H groups in total. The summed E-state index contributed by atoms with van der Waals surface area (Å²) in [5, 5.41) is 0.611. The van der Waals surface area contributed by atoms with Gasteiger partial charge in [0, 0.05) is 23.6 Å². The first-order valence-electron chi connectivity index (χ1n) is 8.25. The Hall–Kier alpha value is -2.00. The zero-order valence-corrected chi connectivity index (χ0v) is 15.5. The summed E-state index contributed by atoms with van der Waals surface area (Å²) < 4.78 is 5.98. The van der Waals surface area contributed by atoms with Gasteiger partial charge < -0.3 is 9.64 Å². The molecule has 0 radical (unpaired) electrons. The molecule has 2 rings (SSSR count). The van der Waals surface area contributed by atoms with Crippen LogP contribution >= 0.6 is 11.6 Å². The van der Waals surface area contributed by atoms with Gasteiger partial charge in [-0.25, -0.2) is 0 Å². The Morgan fingerprint density at radius 2 is 1.92 bits per heavy atom. The lowest BCUT2D eigenvalue weighted by molar-refractivity contribution is -0.118. The first-order chi connectivity index (χ1) is 11.5. The van der Waals surface area contributed by atoms with Crippen LogP contribution in [0, 0.1) is 13.8 Å². The summed E-state index contributed by atoms with van der Waals surface area (Å²) in [6.07, 6.45) is 0.456. The van der Waals surface area contributed by atoms with Crippen LogP contribution in [0.25, 0.3) is 0 Å². The molecule has 0 aromatic heterocycles. The Balaban J connectivity index is 2.31. The monoisotopic (exact) mass is 345 g/mol. The van der Waals surface area contributed by atoms with E-state index in [0.29, 0.717) is 24.6 Å². The molecule has 2 aromatic carbocycles. The molecule has 0 aliphatic rings. The standard InChI is InChI=1S/C20H24ClNO2/c1-5-20(23)22(6-2)18-9-7-8-17(21)16(18)13-24-19-11-10-14(3)12-15(19)4/h7-12H,5-6,13H2,1-4H3. The molecule has 0 aliphatic carbocycles. The highest BCUT2D eigenvalue weighted by Gasteiger charge is 2.18. The lowest BCUT2D eigenvalue weighted by atomic mass is 10.1. The van der Waals surface area contributed by atoms with Crippen LogP contribution in [-0.4, -0.2) is 12.5 Å². The van der Waals surface area contributed by atoms with E-state index in [4.69, 9.17) is 16.3 Å². The van der Waals surface area contributed by atoms with Crippen LogP contribution < -0.4 is 9.64 Å². The summed E-state index contributed by atoms with van der Waals surface area (Å²) in [6, 6.07) is 11.7. The predicted octanol–water partition coefficient (Wildman–Crippen LogP) is 5.30. The number of benzene rings is 2. The number of carbonyl (C=O) groups excluding carboxylic acids is 1. The van der Waals surface area contributed by atoms with Gasteiger partial charge in [-0.3, -0.25) is 4.79 Å². The van der Waals surface area contributed by atoms with Crippen LogP contribution in [0.3, 0.4) is 0 Å². The molecule has 0 unspecified atom stereocenters. The summed E-state index contributed by atoms with van der Waals surface area (Å²) >= 11 is 6.39. The van der Waals surface area contributed by atoms with Crippen LogP contribution in [0.15, 0.2) is 36.4 Å². The van der Waals surface area contributed by atoms with Crippen molar-refractivity contribution in [3.05, 3.63) is 58.1 Å². The maximum atomic E-state index is 12.2. The van der Waals surface area contributed by atoms with Gasteiger partial charge in [-0.2, -0.15) is 0 Å². The second-order valence-corrected chi connectivity index (χ2v) is 6.19. The number of halogens is 1. The van der Waals surface area contributed by atoms with Crippen LogP contribution in [0.2, 0.25) is 5.02 Å². The van der Waals surface area contributed by atoms with Gasteiger partial charge in [0.15, 0.2) is 0 Å². The van der Waals surface area contributed by atoms with Gasteiger partial charge in [-0.05, 0) is 44.5 Å². The number of aryl methyl sites for hydroxylation is 2. The van der Waals surface area contributed by atoms with Crippen molar-refractivity contribution in [2.24, 2.45) is 0 Å². The first-order valence-corrected chi connectivity index (χ1v) is 8.63. The van der Waals surface area contributed by atoms with Crippen molar-refractivity contribution in [3.8, 4) is 5.75 Å². The molecule has 0 heterocycles. The Morgan fingerprint density at radius 1 is 1.17 bits per heavy atom. The number of amides is 1. The lowest BCUT2D eigenvalue weighted by Gasteiger charge is -2.24. The highest BCUT2D eigenvalue weighted by Crippen LogP contribution is 2.30. The normalized spacial score (nSPS) is 10.5. The zero-order valence-electron chi connectivity index (χ0n) is 14.7. The molecule has 3 nitrogen and oxygen atoms in total. The fourth-order valence-electron chi connectivity index (χ4n) is 2.73. The van der Waals surface area contributed by atoms with E-state index in [1.165, 1.54) is 5.56 Å². The molecule has 0 bridgehead atoms. The van der Waals surface area contributed by atoms with E-state index in [1.54, 1.807) is 4.90 Å². The number of anilines is 1. The van der Waals surface area contributed by atoms with Crippen molar-refractivity contribution in [1.29, 1.82) is 0 Å². The quantitative estimate of drug-likeness (QED) is 0.711. The second kappa shape index (κ2) is 8.20. The molecule has 1 amide bonds. The van der Waals surface area contributed by atoms with E-state index in [-0.39, 0.29) is 5.91 Å². The third kappa shape index (κ3) is 4.09. The molecular formula is C20H24ClNO2. The molecule has 0 spiro atoms. The first kappa shape index (κ1) is 18.3. The minimum atomic E-state index is 0.0764. The van der Waals surface area contributed by atoms with Crippen molar-refractivity contribution >= 4 is 23.2 Å². The van der Waals surface area contributed by atoms with E-state index in [1.807, 2.05) is 51.1 Å². The van der Waals surface area contributed by atoms with E-state index >= 15 is 0 Å². The molecule has 4 heteroatoms. The van der Waals surface area contributed by atoms with E-state index in [2.05, 4.69) is 13.0 Å². The van der Waals surface area contributed by atoms with Crippen molar-refractivity contribution in [2.75, 3.05) is 11.4 Å². The topological polar surface area (TPSA) is 29.5 Å². The van der Waals surface area contributed by atoms with Gasteiger partial charge in [0.2, 0.25) is 5.91 Å². The van der Waals surface area contributed by atoms with E-state index in [0.717, 1.165) is 22.6 Å². The molecule has 24 heavy (non-hydrogen) atoms. The average Bonchev–Trinajstić information content (AvgIpc) is 2.56. The molecule has 0 saturated heterocycles. The summed E-state index contributed by atoms with van der Waals surface area (Å²) in [7, 11) is 0. The Morgan fingerprint density at radius 3 is 2.54 bits per heavy atom. The molecule has 0 fully saturated rings. The van der Waals surface area contributed by atoms with Crippen LogP contribution in [0.5, 0.6) is 5.75 Å². The van der Waals surface area contributed by atoms with E-state index < -0.39 is 0 Å². The number of rotatable bonds is 6. The number of ether oxygens (including phenoxy) is 1. The number of nitrogens with zero attached hydrogens (tertiary/aromatic N) is 1. The predicted molar refractivity (Wildman–Crippen MR) is 100 cm³/mol. The maximum absolute atomic E-state index is 12.2. The molecular weight excluding hydrogens is 322 g/mol. The van der Waals surface area contributed by atoms with Gasteiger partial charge in [-0.15, -0.1) is 0 Å². The highest BCUT2D eigenvalue weighted by atomic mass is 35.5. The minimum Gasteiger partial charge on any atom is -0.488 e. The number of carbonyl (C=O) groups is 1. The van der Waals surface area contributed by atoms with Gasteiger partial charge >= 0.3 is 0 Å². The number of hydrogen-bond donors (Lipinski definition) is 0. The van der Waals surface area contributed by atoms with Crippen LogP contribution in [0.4, 0.5) is 5.69 Å². The van der Waals surface area contributed by atoms with Crippen molar-refractivity contribution in [2.45, 2.75) is 40.7 Å². The Bertz CT molecular complexity index is 728. The largest absolute Gasteiger partial charge is 0.488 e. The van der Waals surface area contributed by atoms with Gasteiger partial charge in [0.25, 0.3) is 0 Å². The van der Waals surface area contributed by atoms with E-state index in [9.17, 15) is 4.79 Å². The Kier molecular flexibility index (Phi) is 6.27. The summed E-state index contributed by atoms with van der Waals surface area (Å²) in [6.45, 7) is 8.83. The third-order valence-corrected chi connectivity index (χ3v) is 4.36. The minimum absolute atomic E-state index is 0.0764. The fourth-order valence-corrected chi connectivity index (χ4v) is 2.95.